The lowest BCUT2D eigenvalue weighted by atomic mass is 9.96. The van der Waals surface area contributed by atoms with E-state index in [0.717, 1.165) is 23.3 Å². The van der Waals surface area contributed by atoms with Crippen LogP contribution in [0.15, 0.2) is 12.1 Å². The monoisotopic (exact) mass is 365 g/mol. The van der Waals surface area contributed by atoms with Crippen LogP contribution in [-0.2, 0) is 9.47 Å². The van der Waals surface area contributed by atoms with Gasteiger partial charge in [0, 0.05) is 18.0 Å². The molecular weight excluding hydrogens is 338 g/mol. The summed E-state index contributed by atoms with van der Waals surface area (Å²) in [7, 11) is 1.40. The normalized spacial score (nSPS) is 16.3. The summed E-state index contributed by atoms with van der Waals surface area (Å²) in [6.07, 6.45) is 5.69. The minimum atomic E-state index is -0.463. The van der Waals surface area contributed by atoms with Gasteiger partial charge in [0.2, 0.25) is 0 Å². The third-order valence-corrected chi connectivity index (χ3v) is 5.04. The molecule has 1 aliphatic heterocycles. The summed E-state index contributed by atoms with van der Waals surface area (Å²) in [6, 6.07) is 2.00. The topological polar surface area (TPSA) is 55.8 Å². The standard InChI is InChI=1S/C19H27NO4S/c1-13-12-15(16(25-13)17(21)23-5)7-6-14-8-10-20(11-9-14)18(22)24-19(2,3)4/h6-7,12,14H,8-11H2,1-5H3/b7-6-. The second-order valence-electron chi connectivity index (χ2n) is 7.30. The van der Waals surface area contributed by atoms with Crippen LogP contribution in [0.25, 0.3) is 6.08 Å². The van der Waals surface area contributed by atoms with Crippen molar-refractivity contribution in [3.05, 3.63) is 27.5 Å². The number of carbonyl (C=O) groups is 2. The maximum atomic E-state index is 12.1. The lowest BCUT2D eigenvalue weighted by Crippen LogP contribution is -2.41. The fourth-order valence-corrected chi connectivity index (χ4v) is 3.67. The van der Waals surface area contributed by atoms with Gasteiger partial charge in [-0.3, -0.25) is 0 Å². The van der Waals surface area contributed by atoms with Gasteiger partial charge in [-0.25, -0.2) is 9.59 Å². The number of rotatable bonds is 3. The fourth-order valence-electron chi connectivity index (χ4n) is 2.75. The highest BCUT2D eigenvalue weighted by molar-refractivity contribution is 7.14. The number of hydrogen-bond donors (Lipinski definition) is 0. The Kier molecular flexibility index (Phi) is 6.27. The van der Waals surface area contributed by atoms with Gasteiger partial charge in [-0.1, -0.05) is 12.2 Å². The Morgan fingerprint density at radius 2 is 1.92 bits per heavy atom. The van der Waals surface area contributed by atoms with E-state index in [1.54, 1.807) is 4.90 Å². The first-order chi connectivity index (χ1) is 11.7. The van der Waals surface area contributed by atoms with Crippen LogP contribution in [0.5, 0.6) is 0 Å². The molecule has 6 heteroatoms. The summed E-state index contributed by atoms with van der Waals surface area (Å²) >= 11 is 1.45. The number of likely N-dealkylation sites (tertiary alicyclic amines) is 1. The summed E-state index contributed by atoms with van der Waals surface area (Å²) in [5.41, 5.74) is 0.443. The van der Waals surface area contributed by atoms with Gasteiger partial charge in [0.25, 0.3) is 0 Å². The van der Waals surface area contributed by atoms with E-state index in [0.29, 0.717) is 23.9 Å². The number of piperidine rings is 1. The van der Waals surface area contributed by atoms with Crippen molar-refractivity contribution < 1.29 is 19.1 Å². The maximum absolute atomic E-state index is 12.1. The minimum absolute atomic E-state index is 0.239. The predicted octanol–water partition coefficient (Wildman–Crippen LogP) is 4.50. The Morgan fingerprint density at radius 3 is 2.48 bits per heavy atom. The van der Waals surface area contributed by atoms with Crippen LogP contribution >= 0.6 is 11.3 Å². The Balaban J connectivity index is 1.93. The number of nitrogens with zero attached hydrogens (tertiary/aromatic N) is 1. The second-order valence-corrected chi connectivity index (χ2v) is 8.55. The first-order valence-electron chi connectivity index (χ1n) is 8.54. The molecule has 1 aromatic rings. The number of thiophene rings is 1. The molecule has 0 aromatic carbocycles. The fraction of sp³-hybridized carbons (Fsp3) is 0.579. The lowest BCUT2D eigenvalue weighted by molar-refractivity contribution is 0.0197. The van der Waals surface area contributed by atoms with Crippen molar-refractivity contribution in [2.75, 3.05) is 20.2 Å². The van der Waals surface area contributed by atoms with E-state index >= 15 is 0 Å². The van der Waals surface area contributed by atoms with Gasteiger partial charge in [-0.15, -0.1) is 11.3 Å². The van der Waals surface area contributed by atoms with Gasteiger partial charge in [0.05, 0.1) is 7.11 Å². The molecule has 1 aromatic heterocycles. The van der Waals surface area contributed by atoms with Crippen LogP contribution in [0.4, 0.5) is 4.79 Å². The molecule has 0 saturated carbocycles. The molecule has 0 aliphatic carbocycles. The smallest absolute Gasteiger partial charge is 0.410 e. The van der Waals surface area contributed by atoms with Crippen LogP contribution in [-0.4, -0.2) is 42.8 Å². The number of esters is 1. The van der Waals surface area contributed by atoms with Crippen LogP contribution in [0, 0.1) is 12.8 Å². The van der Waals surface area contributed by atoms with Crippen LogP contribution in [0.2, 0.25) is 0 Å². The maximum Gasteiger partial charge on any atom is 0.410 e. The third kappa shape index (κ3) is 5.59. The first kappa shape index (κ1) is 19.5. The van der Waals surface area contributed by atoms with Gasteiger partial charge in [-0.05, 0) is 58.1 Å². The largest absolute Gasteiger partial charge is 0.465 e. The van der Waals surface area contributed by atoms with E-state index < -0.39 is 5.60 Å². The average Bonchev–Trinajstić information content (AvgIpc) is 2.92. The molecule has 1 fully saturated rings. The van der Waals surface area contributed by atoms with Gasteiger partial charge in [-0.2, -0.15) is 0 Å². The zero-order chi connectivity index (χ0) is 18.6. The summed E-state index contributed by atoms with van der Waals surface area (Å²) in [4.78, 5) is 27.4. The first-order valence-corrected chi connectivity index (χ1v) is 9.36. The molecule has 2 rings (SSSR count). The number of carbonyl (C=O) groups excluding carboxylic acids is 2. The molecule has 25 heavy (non-hydrogen) atoms. The summed E-state index contributed by atoms with van der Waals surface area (Å²) in [6.45, 7) is 8.99. The highest BCUT2D eigenvalue weighted by atomic mass is 32.1. The van der Waals surface area contributed by atoms with E-state index in [9.17, 15) is 9.59 Å². The van der Waals surface area contributed by atoms with Crippen LogP contribution < -0.4 is 0 Å². The van der Waals surface area contributed by atoms with Gasteiger partial charge in [0.1, 0.15) is 10.5 Å². The second kappa shape index (κ2) is 8.04. The van der Waals surface area contributed by atoms with Crippen molar-refractivity contribution >= 4 is 29.5 Å². The van der Waals surface area contributed by atoms with Gasteiger partial charge in [0.15, 0.2) is 0 Å². The molecule has 138 valence electrons. The molecule has 1 amide bonds. The number of ether oxygens (including phenoxy) is 2. The average molecular weight is 365 g/mol. The predicted molar refractivity (Wildman–Crippen MR) is 100.0 cm³/mol. The lowest BCUT2D eigenvalue weighted by Gasteiger charge is -2.32. The molecule has 0 radical (unpaired) electrons. The number of hydrogen-bond acceptors (Lipinski definition) is 5. The quantitative estimate of drug-likeness (QED) is 0.740. The number of aryl methyl sites for hydroxylation is 1. The highest BCUT2D eigenvalue weighted by Crippen LogP contribution is 2.26. The van der Waals surface area contributed by atoms with E-state index in [2.05, 4.69) is 6.08 Å². The third-order valence-electron chi connectivity index (χ3n) is 3.99. The molecule has 0 bridgehead atoms. The Morgan fingerprint density at radius 1 is 1.28 bits per heavy atom. The van der Waals surface area contributed by atoms with E-state index in [-0.39, 0.29) is 12.1 Å². The zero-order valence-electron chi connectivity index (χ0n) is 15.6. The van der Waals surface area contributed by atoms with E-state index in [1.807, 2.05) is 39.8 Å². The Labute approximate surface area is 153 Å². The van der Waals surface area contributed by atoms with Gasteiger partial charge < -0.3 is 14.4 Å². The number of methoxy groups -OCH3 is 1. The van der Waals surface area contributed by atoms with Crippen molar-refractivity contribution in [1.82, 2.24) is 4.90 Å². The molecule has 0 unspecified atom stereocenters. The van der Waals surface area contributed by atoms with Crippen molar-refractivity contribution in [2.24, 2.45) is 5.92 Å². The molecule has 0 N–H and O–H groups in total. The summed E-state index contributed by atoms with van der Waals surface area (Å²) in [5.74, 6) is 0.0990. The molecule has 2 heterocycles. The van der Waals surface area contributed by atoms with Gasteiger partial charge >= 0.3 is 12.1 Å². The molecule has 5 nitrogen and oxygen atoms in total. The summed E-state index contributed by atoms with van der Waals surface area (Å²) < 4.78 is 10.3. The molecule has 1 aliphatic rings. The van der Waals surface area contributed by atoms with Crippen molar-refractivity contribution in [3.63, 3.8) is 0 Å². The van der Waals surface area contributed by atoms with Crippen LogP contribution in [0.3, 0.4) is 0 Å². The molecular formula is C19H27NO4S. The van der Waals surface area contributed by atoms with Crippen molar-refractivity contribution in [1.29, 1.82) is 0 Å². The van der Waals surface area contributed by atoms with Crippen molar-refractivity contribution in [2.45, 2.75) is 46.1 Å². The Hall–Kier alpha value is -1.82. The number of amides is 1. The molecule has 1 saturated heterocycles. The highest BCUT2D eigenvalue weighted by Gasteiger charge is 2.26. The summed E-state index contributed by atoms with van der Waals surface area (Å²) in [5, 5.41) is 0. The zero-order valence-corrected chi connectivity index (χ0v) is 16.4. The van der Waals surface area contributed by atoms with E-state index in [1.165, 1.54) is 18.4 Å². The molecule has 0 atom stereocenters. The molecule has 0 spiro atoms. The minimum Gasteiger partial charge on any atom is -0.465 e. The van der Waals surface area contributed by atoms with E-state index in [4.69, 9.17) is 9.47 Å². The number of allylic oxidation sites excluding steroid dienone is 1. The van der Waals surface area contributed by atoms with Crippen molar-refractivity contribution in [3.8, 4) is 0 Å². The SMILES string of the molecule is COC(=O)c1sc(C)cc1/C=C\C1CCN(C(=O)OC(C)(C)C)CC1. The van der Waals surface area contributed by atoms with Crippen LogP contribution in [0.1, 0.15) is 53.7 Å². The Bertz CT molecular complexity index is 649.